The fraction of sp³-hybridized carbons (Fsp3) is 0.600. The number of anilines is 1. The largest absolute Gasteiger partial charge is 0.383 e. The van der Waals surface area contributed by atoms with E-state index in [2.05, 4.69) is 16.6 Å². The molecule has 0 aliphatic heterocycles. The molecule has 3 nitrogen and oxygen atoms in total. The van der Waals surface area contributed by atoms with Crippen molar-refractivity contribution in [3.63, 3.8) is 0 Å². The van der Waals surface area contributed by atoms with Gasteiger partial charge in [0.1, 0.15) is 0 Å². The van der Waals surface area contributed by atoms with Crippen LogP contribution in [-0.2, 0) is 9.73 Å². The van der Waals surface area contributed by atoms with Gasteiger partial charge in [-0.1, -0.05) is 19.1 Å². The molecule has 106 valence electrons. The molecule has 0 spiro atoms. The Bertz CT molecular complexity index is 547. The van der Waals surface area contributed by atoms with Crippen molar-refractivity contribution in [2.75, 3.05) is 24.4 Å². The Hall–Kier alpha value is -1.03. The molecule has 1 aliphatic carbocycles. The smallest absolute Gasteiger partial charge is 0.0961 e. The van der Waals surface area contributed by atoms with E-state index in [1.165, 1.54) is 25.7 Å². The fourth-order valence-electron chi connectivity index (χ4n) is 2.14. The molecule has 0 atom stereocenters. The van der Waals surface area contributed by atoms with Gasteiger partial charge in [0.15, 0.2) is 0 Å². The van der Waals surface area contributed by atoms with Crippen LogP contribution in [0.25, 0.3) is 0 Å². The van der Waals surface area contributed by atoms with E-state index in [1.54, 1.807) is 12.5 Å². The molecule has 0 radical (unpaired) electrons. The molecule has 0 aromatic heterocycles. The number of rotatable bonds is 6. The molecule has 2 rings (SSSR count). The zero-order valence-corrected chi connectivity index (χ0v) is 12.9. The van der Waals surface area contributed by atoms with Crippen LogP contribution in [0, 0.1) is 5.41 Å². The van der Waals surface area contributed by atoms with E-state index < -0.39 is 9.73 Å². The van der Waals surface area contributed by atoms with E-state index in [4.69, 9.17) is 0 Å². The highest BCUT2D eigenvalue weighted by atomic mass is 32.2. The quantitative estimate of drug-likeness (QED) is 0.799. The summed E-state index contributed by atoms with van der Waals surface area (Å²) >= 11 is 0. The van der Waals surface area contributed by atoms with E-state index in [9.17, 15) is 4.21 Å². The number of nitrogens with one attached hydrogen (secondary N) is 1. The van der Waals surface area contributed by atoms with Crippen LogP contribution in [0.3, 0.4) is 0 Å². The second-order valence-electron chi connectivity index (χ2n) is 6.13. The van der Waals surface area contributed by atoms with Gasteiger partial charge >= 0.3 is 0 Å². The van der Waals surface area contributed by atoms with Crippen LogP contribution >= 0.6 is 0 Å². The van der Waals surface area contributed by atoms with Crippen molar-refractivity contribution in [3.8, 4) is 0 Å². The summed E-state index contributed by atoms with van der Waals surface area (Å²) in [4.78, 5) is 0. The Morgan fingerprint density at radius 3 is 2.63 bits per heavy atom. The van der Waals surface area contributed by atoms with Gasteiger partial charge in [-0.2, -0.15) is 4.36 Å². The summed E-state index contributed by atoms with van der Waals surface area (Å²) in [6, 6.07) is 7.83. The van der Waals surface area contributed by atoms with Gasteiger partial charge in [0, 0.05) is 28.8 Å². The number of hydrogen-bond donors (Lipinski definition) is 1. The minimum Gasteiger partial charge on any atom is -0.383 e. The molecule has 1 aromatic rings. The molecule has 1 fully saturated rings. The van der Waals surface area contributed by atoms with Crippen LogP contribution in [-0.4, -0.2) is 23.3 Å². The first-order chi connectivity index (χ1) is 8.88. The van der Waals surface area contributed by atoms with E-state index in [1.807, 2.05) is 24.3 Å². The van der Waals surface area contributed by atoms with Crippen molar-refractivity contribution in [2.24, 2.45) is 9.78 Å². The van der Waals surface area contributed by atoms with Crippen molar-refractivity contribution in [3.05, 3.63) is 24.3 Å². The lowest BCUT2D eigenvalue weighted by atomic mass is 10.0. The summed E-state index contributed by atoms with van der Waals surface area (Å²) in [5.74, 6) is 0. The standard InChI is InChI=1S/C15H24N2OS/c1-15(10-11-15)9-6-12-16-13-7-4-5-8-14(13)17-19(2,3)18/h4-5,7-8,16H,6,9-12H2,1-3H3. The number of nitrogens with zero attached hydrogens (tertiary/aromatic N) is 1. The normalized spacial score (nSPS) is 17.0. The molecule has 1 aromatic carbocycles. The SMILES string of the molecule is CC1(CCCNc2ccccc2N=S(C)(C)=O)CC1. The first-order valence-electron chi connectivity index (χ1n) is 6.88. The summed E-state index contributed by atoms with van der Waals surface area (Å²) < 4.78 is 16.1. The van der Waals surface area contributed by atoms with E-state index >= 15 is 0 Å². The van der Waals surface area contributed by atoms with Gasteiger partial charge in [-0.3, -0.25) is 0 Å². The third-order valence-electron chi connectivity index (χ3n) is 3.60. The van der Waals surface area contributed by atoms with Gasteiger partial charge in [0.05, 0.1) is 11.4 Å². The van der Waals surface area contributed by atoms with Crippen LogP contribution in [0.5, 0.6) is 0 Å². The van der Waals surface area contributed by atoms with Gasteiger partial charge < -0.3 is 5.32 Å². The third-order valence-corrected chi connectivity index (χ3v) is 4.23. The summed E-state index contributed by atoms with van der Waals surface area (Å²) in [5.41, 5.74) is 2.40. The zero-order valence-electron chi connectivity index (χ0n) is 12.1. The molecule has 0 saturated heterocycles. The van der Waals surface area contributed by atoms with E-state index in [0.717, 1.165) is 17.9 Å². The van der Waals surface area contributed by atoms with Gasteiger partial charge in [0.25, 0.3) is 0 Å². The Balaban J connectivity index is 1.94. The molecular formula is C15H24N2OS. The first-order valence-corrected chi connectivity index (χ1v) is 9.21. The van der Waals surface area contributed by atoms with E-state index in [-0.39, 0.29) is 0 Å². The van der Waals surface area contributed by atoms with Crippen LogP contribution < -0.4 is 5.32 Å². The van der Waals surface area contributed by atoms with Crippen LogP contribution in [0.2, 0.25) is 0 Å². The van der Waals surface area contributed by atoms with Crippen LogP contribution in [0.15, 0.2) is 28.6 Å². The lowest BCUT2D eigenvalue weighted by Gasteiger charge is -2.11. The highest BCUT2D eigenvalue weighted by molar-refractivity contribution is 7.92. The number of hydrogen-bond acceptors (Lipinski definition) is 3. The predicted octanol–water partition coefficient (Wildman–Crippen LogP) is 4.04. The molecule has 1 aliphatic rings. The highest BCUT2D eigenvalue weighted by Gasteiger charge is 2.35. The maximum absolute atomic E-state index is 11.8. The number of para-hydroxylation sites is 1. The summed E-state index contributed by atoms with van der Waals surface area (Å²) in [7, 11) is -2.11. The molecule has 1 N–H and O–H groups in total. The van der Waals surface area contributed by atoms with Gasteiger partial charge in [-0.15, -0.1) is 0 Å². The van der Waals surface area contributed by atoms with E-state index in [0.29, 0.717) is 5.41 Å². The molecule has 1 saturated carbocycles. The lowest BCUT2D eigenvalue weighted by molar-refractivity contribution is 0.503. The highest BCUT2D eigenvalue weighted by Crippen LogP contribution is 2.48. The van der Waals surface area contributed by atoms with Crippen molar-refractivity contribution < 1.29 is 4.21 Å². The molecule has 4 heteroatoms. The molecule has 19 heavy (non-hydrogen) atoms. The average molecular weight is 280 g/mol. The average Bonchev–Trinajstić information content (AvgIpc) is 3.03. The molecule has 0 amide bonds. The summed E-state index contributed by atoms with van der Waals surface area (Å²) in [5, 5.41) is 3.42. The number of benzene rings is 1. The molecule has 0 heterocycles. The minimum absolute atomic E-state index is 0.618. The summed E-state index contributed by atoms with van der Waals surface area (Å²) in [6.45, 7) is 3.32. The Kier molecular flexibility index (Phi) is 4.19. The minimum atomic E-state index is -2.11. The topological polar surface area (TPSA) is 41.5 Å². The van der Waals surface area contributed by atoms with Crippen LogP contribution in [0.4, 0.5) is 11.4 Å². The molecular weight excluding hydrogens is 256 g/mol. The van der Waals surface area contributed by atoms with Crippen molar-refractivity contribution in [2.45, 2.75) is 32.6 Å². The molecule has 0 unspecified atom stereocenters. The van der Waals surface area contributed by atoms with Crippen molar-refractivity contribution in [1.29, 1.82) is 0 Å². The van der Waals surface area contributed by atoms with Gasteiger partial charge in [0.2, 0.25) is 0 Å². The van der Waals surface area contributed by atoms with Gasteiger partial charge in [-0.25, -0.2) is 4.21 Å². The van der Waals surface area contributed by atoms with Crippen molar-refractivity contribution in [1.82, 2.24) is 0 Å². The monoisotopic (exact) mass is 280 g/mol. The second-order valence-corrected chi connectivity index (χ2v) is 8.68. The second kappa shape index (κ2) is 5.53. The first kappa shape index (κ1) is 14.4. The third kappa shape index (κ3) is 4.86. The maximum Gasteiger partial charge on any atom is 0.0961 e. The van der Waals surface area contributed by atoms with Crippen molar-refractivity contribution >= 4 is 21.1 Å². The predicted molar refractivity (Wildman–Crippen MR) is 83.6 cm³/mol. The van der Waals surface area contributed by atoms with Crippen LogP contribution in [0.1, 0.15) is 32.6 Å². The fourth-order valence-corrected chi connectivity index (χ4v) is 2.77. The Morgan fingerprint density at radius 2 is 2.00 bits per heavy atom. The zero-order chi connectivity index (χ0) is 13.9. The van der Waals surface area contributed by atoms with Gasteiger partial charge in [-0.05, 0) is 43.2 Å². The lowest BCUT2D eigenvalue weighted by Crippen LogP contribution is -2.04. The Morgan fingerprint density at radius 1 is 1.32 bits per heavy atom. The summed E-state index contributed by atoms with van der Waals surface area (Å²) in [6.07, 6.45) is 8.56. The Labute approximate surface area is 117 Å². The molecule has 0 bridgehead atoms. The maximum atomic E-state index is 11.8.